The van der Waals surface area contributed by atoms with E-state index in [-0.39, 0.29) is 45.1 Å². The summed E-state index contributed by atoms with van der Waals surface area (Å²) in [5, 5.41) is 8.82. The number of hydrogen-bond acceptors (Lipinski definition) is 5. The Morgan fingerprint density at radius 2 is 2.08 bits per heavy atom. The Morgan fingerprint density at radius 1 is 1.40 bits per heavy atom. The number of hydrogen-bond donors (Lipinski definition) is 2. The number of ether oxygens (including phenoxy) is 1. The fraction of sp³-hybridized carbons (Fsp3) is 0.556. The molecule has 0 saturated heterocycles. The van der Waals surface area contributed by atoms with E-state index in [0.29, 0.717) is 18.7 Å². The molecule has 1 unspecified atom stereocenters. The number of carboxylic acid groups (broad SMARTS) is 1. The van der Waals surface area contributed by atoms with Gasteiger partial charge in [-0.1, -0.05) is 6.07 Å². The summed E-state index contributed by atoms with van der Waals surface area (Å²) in [6.45, 7) is 6.35. The number of nitrogen functional groups attached to an aromatic ring is 1. The van der Waals surface area contributed by atoms with Crippen LogP contribution in [0.2, 0.25) is 0 Å². The van der Waals surface area contributed by atoms with Gasteiger partial charge < -0.3 is 21.9 Å². The zero-order valence-electron chi connectivity index (χ0n) is 16.5. The number of carbonyl (C=O) groups is 2. The zero-order chi connectivity index (χ0) is 17.9. The van der Waals surface area contributed by atoms with Gasteiger partial charge >= 0.3 is 30.8 Å². The molecule has 1 aromatic rings. The second kappa shape index (κ2) is 8.64. The van der Waals surface area contributed by atoms with Crippen molar-refractivity contribution in [2.45, 2.75) is 51.6 Å². The van der Waals surface area contributed by atoms with Gasteiger partial charge in [0.25, 0.3) is 0 Å². The number of anilines is 2. The average molecular weight is 342 g/mol. The summed E-state index contributed by atoms with van der Waals surface area (Å²) >= 11 is 0. The summed E-state index contributed by atoms with van der Waals surface area (Å²) in [6, 6.07) is 5.67. The molecule has 0 saturated carbocycles. The molecular weight excluding hydrogens is 315 g/mol. The summed E-state index contributed by atoms with van der Waals surface area (Å²) in [5.41, 5.74) is 8.27. The Morgan fingerprint density at radius 3 is 2.68 bits per heavy atom. The van der Waals surface area contributed by atoms with E-state index in [4.69, 9.17) is 15.6 Å². The van der Waals surface area contributed by atoms with Gasteiger partial charge in [-0.05, 0) is 45.7 Å². The minimum Gasteiger partial charge on any atom is -1.00 e. The molecule has 6 nitrogen and oxygen atoms in total. The van der Waals surface area contributed by atoms with Crippen molar-refractivity contribution in [3.05, 3.63) is 23.8 Å². The molecule has 1 aromatic carbocycles. The third kappa shape index (κ3) is 5.98. The standard InChI is InChI=1S/C18H26N2O4.Li.H/c1-18(2,3)24-16(23)11-20-10-12(6-4-9-15(21)22)17-13(19)7-5-8-14(17)20;;/h5,7-8,12H,4,6,9-11,19H2,1-3H3,(H,21,22);;/q;+1;-1. The first-order valence-corrected chi connectivity index (χ1v) is 8.24. The number of carboxylic acids is 1. The van der Waals surface area contributed by atoms with Gasteiger partial charge in [-0.3, -0.25) is 9.59 Å². The third-order valence-electron chi connectivity index (χ3n) is 3.99. The molecular formula is C18H27LiN2O4. The summed E-state index contributed by atoms with van der Waals surface area (Å²) < 4.78 is 5.40. The number of rotatable bonds is 6. The molecule has 1 heterocycles. The van der Waals surface area contributed by atoms with E-state index in [1.54, 1.807) is 0 Å². The first-order valence-electron chi connectivity index (χ1n) is 8.24. The molecule has 1 aliphatic rings. The average Bonchev–Trinajstić information content (AvgIpc) is 2.76. The van der Waals surface area contributed by atoms with Crippen molar-refractivity contribution in [1.29, 1.82) is 0 Å². The van der Waals surface area contributed by atoms with Crippen LogP contribution in [0.4, 0.5) is 11.4 Å². The summed E-state index contributed by atoms with van der Waals surface area (Å²) in [4.78, 5) is 24.9. The maximum absolute atomic E-state index is 12.1. The summed E-state index contributed by atoms with van der Waals surface area (Å²) in [7, 11) is 0. The first kappa shape index (κ1) is 21.4. The first-order chi connectivity index (χ1) is 11.2. The Balaban J connectivity index is 0.00000312. The van der Waals surface area contributed by atoms with Crippen LogP contribution in [-0.2, 0) is 14.3 Å². The van der Waals surface area contributed by atoms with Crippen LogP contribution in [0.25, 0.3) is 0 Å². The number of esters is 1. The second-order valence-corrected chi connectivity index (χ2v) is 7.23. The Labute approximate surface area is 162 Å². The number of aliphatic carboxylic acids is 1. The van der Waals surface area contributed by atoms with Gasteiger partial charge in [0.15, 0.2) is 0 Å². The molecule has 7 heteroatoms. The molecule has 0 bridgehead atoms. The molecule has 0 aromatic heterocycles. The normalized spacial score (nSPS) is 16.1. The Kier molecular flexibility index (Phi) is 7.40. The maximum atomic E-state index is 12.1. The van der Waals surface area contributed by atoms with Gasteiger partial charge in [0, 0.05) is 35.8 Å². The van der Waals surface area contributed by atoms with Crippen LogP contribution in [-0.4, -0.2) is 35.7 Å². The molecule has 3 N–H and O–H groups in total. The quantitative estimate of drug-likeness (QED) is 0.426. The van der Waals surface area contributed by atoms with Crippen molar-refractivity contribution >= 4 is 23.3 Å². The van der Waals surface area contributed by atoms with Crippen molar-refractivity contribution in [3.63, 3.8) is 0 Å². The van der Waals surface area contributed by atoms with Crippen molar-refractivity contribution in [1.82, 2.24) is 0 Å². The maximum Gasteiger partial charge on any atom is 1.00 e. The number of benzene rings is 1. The predicted octanol–water partition coefficient (Wildman–Crippen LogP) is -0.114. The van der Waals surface area contributed by atoms with Crippen LogP contribution in [0.3, 0.4) is 0 Å². The van der Waals surface area contributed by atoms with Crippen molar-refractivity contribution < 1.29 is 39.7 Å². The van der Waals surface area contributed by atoms with E-state index in [1.807, 2.05) is 43.9 Å². The topological polar surface area (TPSA) is 92.9 Å². The molecule has 0 radical (unpaired) electrons. The smallest absolute Gasteiger partial charge is 1.00 e. The van der Waals surface area contributed by atoms with Gasteiger partial charge in [0.2, 0.25) is 0 Å². The van der Waals surface area contributed by atoms with Gasteiger partial charge in [-0.25, -0.2) is 0 Å². The van der Waals surface area contributed by atoms with Gasteiger partial charge in [0.1, 0.15) is 12.1 Å². The third-order valence-corrected chi connectivity index (χ3v) is 3.99. The largest absolute Gasteiger partial charge is 1.00 e. The predicted molar refractivity (Wildman–Crippen MR) is 94.3 cm³/mol. The fourth-order valence-corrected chi connectivity index (χ4v) is 3.16. The molecule has 0 amide bonds. The molecule has 0 fully saturated rings. The van der Waals surface area contributed by atoms with Gasteiger partial charge in [-0.15, -0.1) is 0 Å². The minimum absolute atomic E-state index is 0. The van der Waals surface area contributed by atoms with Crippen molar-refractivity contribution in [3.8, 4) is 0 Å². The van der Waals surface area contributed by atoms with E-state index in [1.165, 1.54) is 0 Å². The van der Waals surface area contributed by atoms with Crippen LogP contribution in [0.1, 0.15) is 52.9 Å². The van der Waals surface area contributed by atoms with E-state index in [0.717, 1.165) is 17.7 Å². The molecule has 0 spiro atoms. The monoisotopic (exact) mass is 342 g/mol. The van der Waals surface area contributed by atoms with E-state index >= 15 is 0 Å². The second-order valence-electron chi connectivity index (χ2n) is 7.23. The van der Waals surface area contributed by atoms with Crippen LogP contribution < -0.4 is 29.5 Å². The Hall–Kier alpha value is -1.64. The number of carbonyl (C=O) groups excluding carboxylic acids is 1. The zero-order valence-corrected chi connectivity index (χ0v) is 15.5. The van der Waals surface area contributed by atoms with Crippen LogP contribution in [0.15, 0.2) is 18.2 Å². The number of nitrogens with two attached hydrogens (primary N) is 1. The Bertz CT molecular complexity index is 634. The fourth-order valence-electron chi connectivity index (χ4n) is 3.16. The summed E-state index contributed by atoms with van der Waals surface area (Å²) in [6.07, 6.45) is 1.47. The molecule has 25 heavy (non-hydrogen) atoms. The van der Waals surface area contributed by atoms with Crippen molar-refractivity contribution in [2.24, 2.45) is 0 Å². The molecule has 0 aliphatic carbocycles. The van der Waals surface area contributed by atoms with Crippen molar-refractivity contribution in [2.75, 3.05) is 23.7 Å². The van der Waals surface area contributed by atoms with E-state index in [9.17, 15) is 9.59 Å². The minimum atomic E-state index is -0.792. The van der Waals surface area contributed by atoms with Crippen LogP contribution in [0.5, 0.6) is 0 Å². The molecule has 1 atom stereocenters. The molecule has 2 rings (SSSR count). The molecule has 1 aliphatic heterocycles. The number of fused-ring (bicyclic) bond motifs is 1. The van der Waals surface area contributed by atoms with Crippen LogP contribution in [0, 0.1) is 0 Å². The molecule has 134 valence electrons. The van der Waals surface area contributed by atoms with Gasteiger partial charge in [-0.2, -0.15) is 0 Å². The van der Waals surface area contributed by atoms with E-state index in [2.05, 4.69) is 0 Å². The van der Waals surface area contributed by atoms with Gasteiger partial charge in [0.05, 0.1) is 0 Å². The summed E-state index contributed by atoms with van der Waals surface area (Å²) in [5.74, 6) is -0.926. The van der Waals surface area contributed by atoms with Crippen LogP contribution >= 0.6 is 0 Å². The number of nitrogens with zero attached hydrogens (tertiary/aromatic N) is 1. The SMILES string of the molecule is CC(C)(C)OC(=O)CN1CC(CCCC(=O)O)c2c(N)cccc21.[H-].[Li+]. The van der Waals surface area contributed by atoms with E-state index < -0.39 is 11.6 Å².